The summed E-state index contributed by atoms with van der Waals surface area (Å²) in [6.45, 7) is 26.8. The molecule has 2 rings (SSSR count). The molecule has 254 valence electrons. The molecular weight excluding hydrogens is 637 g/mol. The Balaban J connectivity index is 2.35. The van der Waals surface area contributed by atoms with Gasteiger partial charge in [0.1, 0.15) is 16.9 Å². The van der Waals surface area contributed by atoms with Crippen LogP contribution in [0.5, 0.6) is 0 Å². The fraction of sp³-hybridized carbons (Fsp3) is 0.676. The SMILES string of the molecule is CSC1=[NH+]C(C)=C(C(=O)OCC[Si](C)(C)C)C(c2ccccc2SCCCCCO[Si](C)(C)C(C)(C)C)N1C(=O)OC(C)(C)C. The van der Waals surface area contributed by atoms with Gasteiger partial charge in [0.15, 0.2) is 14.4 Å². The van der Waals surface area contributed by atoms with Gasteiger partial charge in [-0.05, 0) is 94.5 Å². The van der Waals surface area contributed by atoms with Crippen LogP contribution in [0.15, 0.2) is 40.4 Å². The van der Waals surface area contributed by atoms with Crippen molar-refractivity contribution in [2.45, 2.75) is 128 Å². The zero-order chi connectivity index (χ0) is 34.2. The van der Waals surface area contributed by atoms with Crippen molar-refractivity contribution in [3.8, 4) is 0 Å². The van der Waals surface area contributed by atoms with Crippen LogP contribution in [0, 0.1) is 0 Å². The van der Waals surface area contributed by atoms with Crippen molar-refractivity contribution >= 4 is 57.1 Å². The summed E-state index contributed by atoms with van der Waals surface area (Å²) in [4.78, 5) is 33.6. The van der Waals surface area contributed by atoms with Crippen LogP contribution in [-0.2, 0) is 18.7 Å². The fourth-order valence-electron chi connectivity index (χ4n) is 4.42. The highest BCUT2D eigenvalue weighted by atomic mass is 32.2. The van der Waals surface area contributed by atoms with Gasteiger partial charge in [-0.2, -0.15) is 4.79 Å². The predicted octanol–water partition coefficient (Wildman–Crippen LogP) is 8.22. The minimum atomic E-state index is -1.73. The summed E-state index contributed by atoms with van der Waals surface area (Å²) in [7, 11) is -3.14. The second-order valence-corrected chi connectivity index (χ2v) is 27.8. The zero-order valence-electron chi connectivity index (χ0n) is 30.1. The molecule has 1 amide bonds. The number of carbonyl (C=O) groups excluding carboxylic acids is 2. The summed E-state index contributed by atoms with van der Waals surface area (Å²) < 4.78 is 18.1. The number of ether oxygens (including phenoxy) is 2. The van der Waals surface area contributed by atoms with E-state index in [9.17, 15) is 9.59 Å². The van der Waals surface area contributed by atoms with Crippen LogP contribution in [0.25, 0.3) is 0 Å². The van der Waals surface area contributed by atoms with Crippen molar-refractivity contribution in [1.29, 1.82) is 0 Å². The number of thioether (sulfide) groups is 2. The van der Waals surface area contributed by atoms with Gasteiger partial charge in [-0.1, -0.05) is 65.0 Å². The van der Waals surface area contributed by atoms with E-state index in [1.165, 1.54) is 11.8 Å². The predicted molar refractivity (Wildman–Crippen MR) is 196 cm³/mol. The largest absolute Gasteiger partial charge is 0.508 e. The number of allylic oxidation sites excluding steroid dienone is 1. The van der Waals surface area contributed by atoms with Crippen molar-refractivity contribution in [2.24, 2.45) is 0 Å². The summed E-state index contributed by atoms with van der Waals surface area (Å²) in [6, 6.07) is 8.26. The first-order valence-corrected chi connectivity index (χ1v) is 24.9. The maximum atomic E-state index is 13.8. The number of amidine groups is 1. The lowest BCUT2D eigenvalue weighted by Crippen LogP contribution is -2.77. The van der Waals surface area contributed by atoms with Gasteiger partial charge in [0.25, 0.3) is 0 Å². The molecule has 0 radical (unpaired) electrons. The molecule has 1 aromatic carbocycles. The van der Waals surface area contributed by atoms with E-state index < -0.39 is 40.1 Å². The van der Waals surface area contributed by atoms with E-state index in [0.29, 0.717) is 23.0 Å². The van der Waals surface area contributed by atoms with Gasteiger partial charge in [-0.15, -0.1) is 16.7 Å². The van der Waals surface area contributed by atoms with E-state index in [-0.39, 0.29) is 5.04 Å². The summed E-state index contributed by atoms with van der Waals surface area (Å²) >= 11 is 3.18. The smallest absolute Gasteiger partial charge is 0.462 e. The standard InChI is InChI=1S/C34H58N2O5S2Si2/c1-25-28(30(37)39-22-24-44(9,10)11)29(36(31(35-25)42-8)32(38)41-33(2,3)4)26-19-15-16-20-27(26)43-23-18-14-17-21-40-45(12,13)34(5,6)7/h15-16,19-20,29H,14,17-18,21-24H2,1-13H3/p+1. The molecule has 1 aromatic rings. The Morgan fingerprint density at radius 2 is 1.60 bits per heavy atom. The Hall–Kier alpha value is -1.54. The summed E-state index contributed by atoms with van der Waals surface area (Å²) in [5, 5.41) is 0.834. The van der Waals surface area contributed by atoms with Crippen molar-refractivity contribution in [3.05, 3.63) is 41.1 Å². The molecule has 0 spiro atoms. The molecule has 1 aliphatic heterocycles. The average molecular weight is 696 g/mol. The highest BCUT2D eigenvalue weighted by Crippen LogP contribution is 2.40. The number of unbranched alkanes of at least 4 members (excludes halogenated alkanes) is 2. The molecule has 0 fully saturated rings. The molecule has 1 aliphatic rings. The molecule has 7 nitrogen and oxygen atoms in total. The quantitative estimate of drug-likeness (QED) is 0.0965. The van der Waals surface area contributed by atoms with E-state index >= 15 is 0 Å². The van der Waals surface area contributed by atoms with Crippen molar-refractivity contribution in [1.82, 2.24) is 4.90 Å². The highest BCUT2D eigenvalue weighted by molar-refractivity contribution is 8.12. The Morgan fingerprint density at radius 3 is 2.18 bits per heavy atom. The molecule has 0 aliphatic carbocycles. The monoisotopic (exact) mass is 695 g/mol. The average Bonchev–Trinajstić information content (AvgIpc) is 2.89. The molecule has 11 heteroatoms. The van der Waals surface area contributed by atoms with Gasteiger partial charge in [-0.3, -0.25) is 0 Å². The van der Waals surface area contributed by atoms with E-state index in [1.54, 1.807) is 16.7 Å². The Kier molecular flexibility index (Phi) is 14.6. The van der Waals surface area contributed by atoms with E-state index in [1.807, 2.05) is 52.1 Å². The lowest BCUT2D eigenvalue weighted by Gasteiger charge is -2.36. The molecule has 0 aromatic heterocycles. The second kappa shape index (κ2) is 16.5. The minimum absolute atomic E-state index is 0.217. The highest BCUT2D eigenvalue weighted by Gasteiger charge is 2.49. The van der Waals surface area contributed by atoms with Crippen LogP contribution in [0.4, 0.5) is 4.79 Å². The minimum Gasteiger partial charge on any atom is -0.462 e. The van der Waals surface area contributed by atoms with E-state index in [0.717, 1.165) is 48.1 Å². The van der Waals surface area contributed by atoms with Crippen molar-refractivity contribution < 1.29 is 28.5 Å². The van der Waals surface area contributed by atoms with Crippen LogP contribution in [0.3, 0.4) is 0 Å². The van der Waals surface area contributed by atoms with Gasteiger partial charge >= 0.3 is 17.2 Å². The molecule has 1 heterocycles. The summed E-state index contributed by atoms with van der Waals surface area (Å²) in [5.74, 6) is 0.519. The van der Waals surface area contributed by atoms with Crippen LogP contribution >= 0.6 is 23.5 Å². The third kappa shape index (κ3) is 12.2. The number of amides is 1. The maximum absolute atomic E-state index is 13.8. The third-order valence-corrected chi connectivity index (χ3v) is 16.2. The van der Waals surface area contributed by atoms with Crippen LogP contribution in [-0.4, -0.2) is 69.3 Å². The fourth-order valence-corrected chi connectivity index (χ4v) is 7.94. The number of hydrogen-bond donors (Lipinski definition) is 1. The zero-order valence-corrected chi connectivity index (χ0v) is 33.8. The van der Waals surface area contributed by atoms with E-state index in [4.69, 9.17) is 13.9 Å². The summed E-state index contributed by atoms with van der Waals surface area (Å²) in [5.41, 5.74) is 1.30. The van der Waals surface area contributed by atoms with Gasteiger partial charge in [0.2, 0.25) is 0 Å². The molecule has 1 unspecified atom stereocenters. The normalized spacial score (nSPS) is 16.5. The lowest BCUT2D eigenvalue weighted by atomic mass is 9.94. The number of nitrogens with zero attached hydrogens (tertiary/aromatic N) is 1. The number of nitrogens with one attached hydrogen (secondary N) is 1. The van der Waals surface area contributed by atoms with Gasteiger partial charge in [0.05, 0.1) is 6.61 Å². The Morgan fingerprint density at radius 1 is 0.956 bits per heavy atom. The first kappa shape index (κ1) is 39.6. The topological polar surface area (TPSA) is 79.0 Å². The van der Waals surface area contributed by atoms with Crippen molar-refractivity contribution in [2.75, 3.05) is 25.2 Å². The molecule has 0 bridgehead atoms. The lowest BCUT2D eigenvalue weighted by molar-refractivity contribution is -0.404. The number of benzene rings is 1. The summed E-state index contributed by atoms with van der Waals surface area (Å²) in [6.07, 6.45) is 4.57. The molecule has 45 heavy (non-hydrogen) atoms. The number of carbonyl (C=O) groups is 2. The van der Waals surface area contributed by atoms with Gasteiger partial charge < -0.3 is 13.9 Å². The Labute approximate surface area is 283 Å². The van der Waals surface area contributed by atoms with Crippen LogP contribution < -0.4 is 4.99 Å². The molecule has 0 saturated carbocycles. The molecule has 1 atom stereocenters. The number of hydrogen-bond acceptors (Lipinski definition) is 7. The molecule has 0 saturated heterocycles. The van der Waals surface area contributed by atoms with E-state index in [2.05, 4.69) is 64.6 Å². The molecular formula is C34H59N2O5S2Si2+. The first-order chi connectivity index (χ1) is 20.7. The second-order valence-electron chi connectivity index (χ2n) is 15.4. The van der Waals surface area contributed by atoms with Crippen LogP contribution in [0.2, 0.25) is 43.8 Å². The number of rotatable bonds is 13. The maximum Gasteiger partial charge on any atom is 0.508 e. The van der Waals surface area contributed by atoms with Gasteiger partial charge in [0, 0.05) is 25.1 Å². The number of esters is 1. The van der Waals surface area contributed by atoms with Crippen LogP contribution in [0.1, 0.15) is 79.3 Å². The van der Waals surface area contributed by atoms with Crippen molar-refractivity contribution in [3.63, 3.8) is 0 Å². The first-order valence-electron chi connectivity index (χ1n) is 16.1. The Bertz CT molecular complexity index is 1230. The third-order valence-electron chi connectivity index (χ3n) is 8.07. The molecule has 1 N–H and O–H groups in total. The van der Waals surface area contributed by atoms with Gasteiger partial charge in [-0.25, -0.2) is 9.79 Å².